The molecule has 5 rings (SSSR count). The molecule has 2 atom stereocenters. The quantitative estimate of drug-likeness (QED) is 0.439. The number of methoxy groups -OCH3 is 1. The molecule has 0 fully saturated rings. The summed E-state index contributed by atoms with van der Waals surface area (Å²) in [4.78, 5) is 5.42. The predicted molar refractivity (Wildman–Crippen MR) is 126 cm³/mol. The molecule has 0 saturated heterocycles. The van der Waals surface area contributed by atoms with E-state index in [0.717, 1.165) is 27.2 Å². The molecule has 1 aliphatic rings. The van der Waals surface area contributed by atoms with Crippen LogP contribution >= 0.6 is 11.3 Å². The Hall–Kier alpha value is -2.94. The smallest absolute Gasteiger partial charge is 0.162 e. The van der Waals surface area contributed by atoms with Crippen LogP contribution < -0.4 is 18.9 Å². The molecule has 0 radical (unpaired) electrons. The lowest BCUT2D eigenvalue weighted by molar-refractivity contribution is 0.297. The van der Waals surface area contributed by atoms with Crippen molar-refractivity contribution in [3.63, 3.8) is 0 Å². The Labute approximate surface area is 192 Å². The van der Waals surface area contributed by atoms with Crippen LogP contribution in [0.3, 0.4) is 0 Å². The van der Waals surface area contributed by atoms with Crippen molar-refractivity contribution < 1.29 is 18.4 Å². The molecule has 1 N–H and O–H groups in total. The van der Waals surface area contributed by atoms with Gasteiger partial charge in [-0.3, -0.25) is 0 Å². The van der Waals surface area contributed by atoms with Crippen LogP contribution in [0.25, 0.3) is 10.2 Å². The third-order valence-corrected chi connectivity index (χ3v) is 7.40. The van der Waals surface area contributed by atoms with Crippen LogP contribution in [0.2, 0.25) is 0 Å². The van der Waals surface area contributed by atoms with Crippen LogP contribution in [0.15, 0.2) is 71.6 Å². The highest BCUT2D eigenvalue weighted by Gasteiger charge is 2.25. The van der Waals surface area contributed by atoms with E-state index in [9.17, 15) is 4.21 Å². The number of para-hydroxylation sites is 2. The van der Waals surface area contributed by atoms with Gasteiger partial charge in [0.15, 0.2) is 11.5 Å². The molecule has 4 aromatic rings. The van der Waals surface area contributed by atoms with Crippen molar-refractivity contribution in [2.75, 3.05) is 20.3 Å². The summed E-state index contributed by atoms with van der Waals surface area (Å²) in [6, 6.07) is 20.7. The van der Waals surface area contributed by atoms with E-state index < -0.39 is 17.0 Å². The minimum Gasteiger partial charge on any atom is -0.496 e. The molecule has 1 aromatic heterocycles. The number of thiazole rings is 1. The summed E-state index contributed by atoms with van der Waals surface area (Å²) in [5.41, 5.74) is 1.78. The number of hydrogen-bond donors (Lipinski definition) is 1. The molecule has 164 valence electrons. The van der Waals surface area contributed by atoms with Gasteiger partial charge in [-0.2, -0.15) is 0 Å². The molecule has 2 unspecified atom stereocenters. The number of hydrogen-bond acceptors (Lipinski definition) is 6. The Morgan fingerprint density at radius 1 is 1.03 bits per heavy atom. The maximum atomic E-state index is 13.4. The first kappa shape index (κ1) is 20.9. The van der Waals surface area contributed by atoms with Gasteiger partial charge < -0.3 is 14.2 Å². The second-order valence-electron chi connectivity index (χ2n) is 7.24. The highest BCUT2D eigenvalue weighted by Crippen LogP contribution is 2.36. The number of fused-ring (bicyclic) bond motifs is 2. The Bertz CT molecular complexity index is 1240. The van der Waals surface area contributed by atoms with Gasteiger partial charge in [-0.1, -0.05) is 30.3 Å². The molecule has 32 heavy (non-hydrogen) atoms. The molecule has 0 aliphatic carbocycles. The van der Waals surface area contributed by atoms with E-state index >= 15 is 0 Å². The molecule has 0 saturated carbocycles. The third kappa shape index (κ3) is 4.21. The van der Waals surface area contributed by atoms with E-state index in [4.69, 9.17) is 19.2 Å². The van der Waals surface area contributed by atoms with E-state index in [1.807, 2.05) is 54.6 Å². The van der Waals surface area contributed by atoms with Crippen LogP contribution in [0.1, 0.15) is 23.0 Å². The average Bonchev–Trinajstić information content (AvgIpc) is 3.12. The zero-order valence-corrected chi connectivity index (χ0v) is 19.1. The fourth-order valence-electron chi connectivity index (χ4n) is 3.60. The summed E-state index contributed by atoms with van der Waals surface area (Å²) in [5.74, 6) is 2.00. The van der Waals surface area contributed by atoms with Crippen molar-refractivity contribution in [3.05, 3.63) is 77.3 Å². The lowest BCUT2D eigenvalue weighted by Gasteiger charge is -2.19. The summed E-state index contributed by atoms with van der Waals surface area (Å²) < 4.78 is 34.8. The summed E-state index contributed by atoms with van der Waals surface area (Å²) >= 11 is 1.57. The summed E-state index contributed by atoms with van der Waals surface area (Å²) in [5, 5.41) is 0.818. The van der Waals surface area contributed by atoms with Crippen LogP contribution in [0.4, 0.5) is 0 Å². The van der Waals surface area contributed by atoms with Crippen molar-refractivity contribution in [1.82, 2.24) is 9.71 Å². The van der Waals surface area contributed by atoms with Crippen LogP contribution in [-0.2, 0) is 11.0 Å². The maximum Gasteiger partial charge on any atom is 0.162 e. The largest absolute Gasteiger partial charge is 0.496 e. The van der Waals surface area contributed by atoms with Gasteiger partial charge in [0.25, 0.3) is 0 Å². The van der Waals surface area contributed by atoms with E-state index in [1.165, 1.54) is 0 Å². The number of nitrogens with zero attached hydrogens (tertiary/aromatic N) is 1. The molecule has 8 heteroatoms. The molecule has 0 amide bonds. The number of rotatable bonds is 6. The molecule has 6 nitrogen and oxygen atoms in total. The fraction of sp³-hybridized carbons (Fsp3) is 0.208. The average molecular weight is 467 g/mol. The third-order valence-electron chi connectivity index (χ3n) is 5.17. The Kier molecular flexibility index (Phi) is 6.07. The maximum absolute atomic E-state index is 13.4. The van der Waals surface area contributed by atoms with E-state index in [2.05, 4.69) is 4.72 Å². The van der Waals surface area contributed by atoms with Crippen molar-refractivity contribution in [2.24, 2.45) is 0 Å². The molecule has 0 bridgehead atoms. The predicted octanol–water partition coefficient (Wildman–Crippen LogP) is 4.87. The van der Waals surface area contributed by atoms with Crippen molar-refractivity contribution in [3.8, 4) is 17.2 Å². The van der Waals surface area contributed by atoms with Gasteiger partial charge >= 0.3 is 0 Å². The second-order valence-corrected chi connectivity index (χ2v) is 9.55. The minimum atomic E-state index is -1.52. The molecule has 0 spiro atoms. The number of ether oxygens (including phenoxy) is 3. The van der Waals surface area contributed by atoms with Gasteiger partial charge in [0.1, 0.15) is 27.8 Å². The van der Waals surface area contributed by atoms with Gasteiger partial charge in [-0.05, 0) is 30.3 Å². The van der Waals surface area contributed by atoms with E-state index in [-0.39, 0.29) is 0 Å². The summed E-state index contributed by atoms with van der Waals surface area (Å²) in [6.07, 6.45) is 0.818. The number of nitrogens with one attached hydrogen (secondary N) is 1. The first-order valence-electron chi connectivity index (χ1n) is 10.3. The molecule has 3 aromatic carbocycles. The monoisotopic (exact) mass is 466 g/mol. The van der Waals surface area contributed by atoms with Gasteiger partial charge in [0.2, 0.25) is 0 Å². The lowest BCUT2D eigenvalue weighted by atomic mass is 10.1. The van der Waals surface area contributed by atoms with Crippen molar-refractivity contribution in [1.29, 1.82) is 0 Å². The van der Waals surface area contributed by atoms with Gasteiger partial charge in [-0.15, -0.1) is 11.3 Å². The molecule has 1 aliphatic heterocycles. The van der Waals surface area contributed by atoms with Gasteiger partial charge in [-0.25, -0.2) is 13.9 Å². The number of aromatic nitrogens is 1. The van der Waals surface area contributed by atoms with Crippen LogP contribution in [0.5, 0.6) is 17.2 Å². The summed E-state index contributed by atoms with van der Waals surface area (Å²) in [6.45, 7) is 1.19. The highest BCUT2D eigenvalue weighted by atomic mass is 32.2. The first-order chi connectivity index (χ1) is 15.7. The van der Waals surface area contributed by atoms with Gasteiger partial charge in [0.05, 0.1) is 35.4 Å². The van der Waals surface area contributed by atoms with Crippen molar-refractivity contribution >= 4 is 32.5 Å². The zero-order chi connectivity index (χ0) is 21.9. The second kappa shape index (κ2) is 9.28. The fourth-order valence-corrected chi connectivity index (χ4v) is 5.71. The lowest BCUT2D eigenvalue weighted by Crippen LogP contribution is -2.25. The van der Waals surface area contributed by atoms with Gasteiger partial charge in [0, 0.05) is 18.1 Å². The topological polar surface area (TPSA) is 69.7 Å². The Balaban J connectivity index is 1.52. The van der Waals surface area contributed by atoms with Crippen molar-refractivity contribution in [2.45, 2.75) is 17.4 Å². The molecule has 2 heterocycles. The zero-order valence-electron chi connectivity index (χ0n) is 17.4. The minimum absolute atomic E-state index is 0.416. The normalized spacial score (nSPS) is 15.2. The number of benzene rings is 3. The first-order valence-corrected chi connectivity index (χ1v) is 12.3. The molecular weight excluding hydrogens is 444 g/mol. The Morgan fingerprint density at radius 2 is 1.81 bits per heavy atom. The SMILES string of the molecule is COc1ccccc1C(NS(=O)c1ccc2c(c1)OCCCO2)c1nc2ccccc2s1. The Morgan fingerprint density at radius 3 is 2.66 bits per heavy atom. The molecular formula is C24H22N2O4S2. The highest BCUT2D eigenvalue weighted by molar-refractivity contribution is 7.83. The summed E-state index contributed by atoms with van der Waals surface area (Å²) in [7, 11) is 0.109. The van der Waals surface area contributed by atoms with E-state index in [1.54, 1.807) is 30.6 Å². The van der Waals surface area contributed by atoms with E-state index in [0.29, 0.717) is 35.4 Å². The van der Waals surface area contributed by atoms with Crippen LogP contribution in [-0.4, -0.2) is 29.5 Å². The standard InChI is InChI=1S/C24H22N2O4S2/c1-28-19-9-4-2-7-17(19)23(24-25-18-8-3-5-10-22(18)31-24)26-32(27)16-11-12-20-21(15-16)30-14-6-13-29-20/h2-5,7-12,15,23,26H,6,13-14H2,1H3. The van der Waals surface area contributed by atoms with Crippen LogP contribution in [0, 0.1) is 0 Å².